The van der Waals surface area contributed by atoms with Crippen LogP contribution in [0.2, 0.25) is 0 Å². The molecule has 0 aromatic rings. The van der Waals surface area contributed by atoms with Crippen LogP contribution in [0.4, 0.5) is 0 Å². The third kappa shape index (κ3) is 34.0. The maximum atomic E-state index is 7.88. The van der Waals surface area contributed by atoms with Crippen LogP contribution in [0.5, 0.6) is 0 Å². The molecule has 0 aromatic carbocycles. The molecule has 0 aliphatic carbocycles. The quantitative estimate of drug-likeness (QED) is 0.390. The summed E-state index contributed by atoms with van der Waals surface area (Å²) in [6.07, 6.45) is 0. The Kier molecular flexibility index (Phi) is 385. The van der Waals surface area contributed by atoms with Crippen molar-refractivity contribution in [1.29, 1.82) is 0 Å². The van der Waals surface area contributed by atoms with Gasteiger partial charge in [0.2, 0.25) is 0 Å². The summed E-state index contributed by atoms with van der Waals surface area (Å²) in [4.78, 5) is 0. The molecule has 0 atom stereocenters. The fraction of sp³-hybridized carbons (Fsp3) is 0. The first-order valence-corrected chi connectivity index (χ1v) is 0.532. The molecule has 0 saturated carbocycles. The molecule has 0 fully saturated rings. The molecule has 0 aromatic heterocycles. The molecule has 2 nitrogen and oxygen atoms in total. The van der Waals surface area contributed by atoms with E-state index in [0.29, 0.717) is 0 Å². The Hall–Kier alpha value is 1.31. The average molecular weight is 178 g/mol. The Morgan fingerprint density at radius 3 is 1.20 bits per heavy atom. The van der Waals surface area contributed by atoms with Gasteiger partial charge in [-0.1, -0.05) is 0 Å². The zero-order valence-corrected chi connectivity index (χ0v) is 3.77. The Morgan fingerprint density at radius 1 is 1.20 bits per heavy atom. The van der Waals surface area contributed by atoms with Crippen LogP contribution in [0.15, 0.2) is 0 Å². The van der Waals surface area contributed by atoms with Crippen LogP contribution in [0.25, 0.3) is 0 Å². The van der Waals surface area contributed by atoms with Crippen molar-refractivity contribution >= 4 is 17.4 Å². The molecule has 0 amide bonds. The molecular formula is H5AlMnNiO2. The number of rotatable bonds is 0. The molecule has 1 radical (unpaired) electrons. The molecular weight excluding hydrogens is 173 g/mol. The van der Waals surface area contributed by atoms with Crippen LogP contribution in [0.1, 0.15) is 0 Å². The second-order valence-electron chi connectivity index (χ2n) is 0. The predicted octanol–water partition coefficient (Wildman–Crippen LogP) is -2.13. The number of hydrogen-bond donors (Lipinski definition) is 0. The van der Waals surface area contributed by atoms with E-state index in [1.54, 1.807) is 0 Å². The van der Waals surface area contributed by atoms with Crippen molar-refractivity contribution in [2.75, 3.05) is 0 Å². The van der Waals surface area contributed by atoms with Gasteiger partial charge in [0, 0.05) is 17.1 Å². The van der Waals surface area contributed by atoms with E-state index >= 15 is 0 Å². The van der Waals surface area contributed by atoms with Crippen LogP contribution in [-0.4, -0.2) is 22.8 Å². The molecule has 0 spiro atoms. The van der Waals surface area contributed by atoms with E-state index in [1.165, 1.54) is 0 Å². The maximum absolute atomic E-state index is 7.88. The third-order valence-corrected chi connectivity index (χ3v) is 0. The fourth-order valence-electron chi connectivity index (χ4n) is 0. The van der Waals surface area contributed by atoms with Gasteiger partial charge in [0.15, 0.2) is 17.4 Å². The van der Waals surface area contributed by atoms with E-state index in [2.05, 4.69) is 15.4 Å². The predicted molar refractivity (Wildman–Crippen MR) is 14.2 cm³/mol. The summed E-state index contributed by atoms with van der Waals surface area (Å²) < 4.78 is 7.88. The molecule has 0 bridgehead atoms. The standard InChI is InChI=1S/Al.Mn.Ni.H2O.O.3H/h;;;1H2;;;;. The van der Waals surface area contributed by atoms with Gasteiger partial charge in [-0.15, -0.1) is 0 Å². The van der Waals surface area contributed by atoms with Gasteiger partial charge in [-0.05, 0) is 0 Å². The van der Waals surface area contributed by atoms with E-state index in [0.717, 1.165) is 0 Å². The van der Waals surface area contributed by atoms with Gasteiger partial charge < -0.3 is 5.48 Å². The molecule has 0 saturated heterocycles. The van der Waals surface area contributed by atoms with Crippen molar-refractivity contribution in [2.24, 2.45) is 0 Å². The van der Waals surface area contributed by atoms with Crippen molar-refractivity contribution in [2.45, 2.75) is 0 Å². The first-order valence-electron chi connectivity index (χ1n) is 0.129. The molecule has 0 unspecified atom stereocenters. The van der Waals surface area contributed by atoms with Crippen molar-refractivity contribution in [1.82, 2.24) is 0 Å². The van der Waals surface area contributed by atoms with Crippen molar-refractivity contribution < 1.29 is 41.8 Å². The Labute approximate surface area is 59.2 Å². The van der Waals surface area contributed by atoms with E-state index in [4.69, 9.17) is 3.90 Å². The Bertz CT molecular complexity index is 9.61. The topological polar surface area (TPSA) is 48.6 Å². The SMILES string of the molecule is O.[AlH3].[Mn].[O]=[Ni]. The zero-order chi connectivity index (χ0) is 2.00. The van der Waals surface area contributed by atoms with Gasteiger partial charge >= 0.3 is 19.3 Å². The van der Waals surface area contributed by atoms with Crippen LogP contribution >= 0.6 is 0 Å². The fourth-order valence-corrected chi connectivity index (χ4v) is 0. The van der Waals surface area contributed by atoms with Crippen molar-refractivity contribution in [3.8, 4) is 0 Å². The summed E-state index contributed by atoms with van der Waals surface area (Å²) in [5, 5.41) is 0. The molecule has 0 aliphatic rings. The Morgan fingerprint density at radius 2 is 1.20 bits per heavy atom. The first kappa shape index (κ1) is 33.4. The minimum atomic E-state index is 0. The third-order valence-electron chi connectivity index (χ3n) is 0. The summed E-state index contributed by atoms with van der Waals surface area (Å²) in [6.45, 7) is 0. The molecule has 5 heavy (non-hydrogen) atoms. The minimum absolute atomic E-state index is 0. The van der Waals surface area contributed by atoms with Gasteiger partial charge in [-0.3, -0.25) is 0 Å². The molecule has 0 rings (SSSR count). The monoisotopic (exact) mass is 177 g/mol. The summed E-state index contributed by atoms with van der Waals surface area (Å²) in [6, 6.07) is 0. The van der Waals surface area contributed by atoms with Gasteiger partial charge in [0.25, 0.3) is 0 Å². The molecule has 2 N–H and O–H groups in total. The van der Waals surface area contributed by atoms with E-state index in [-0.39, 0.29) is 39.9 Å². The van der Waals surface area contributed by atoms with Crippen LogP contribution in [0, 0.1) is 0 Å². The molecule has 5 heteroatoms. The summed E-state index contributed by atoms with van der Waals surface area (Å²) in [5.41, 5.74) is 0. The van der Waals surface area contributed by atoms with Crippen LogP contribution in [0.3, 0.4) is 0 Å². The van der Waals surface area contributed by atoms with Gasteiger partial charge in [-0.2, -0.15) is 0 Å². The number of hydrogen-bond acceptors (Lipinski definition) is 1. The van der Waals surface area contributed by atoms with E-state index < -0.39 is 0 Å². The average Bonchev–Trinajstić information content (AvgIpc) is 1.00. The molecule has 0 heterocycles. The van der Waals surface area contributed by atoms with E-state index in [9.17, 15) is 0 Å². The first-order chi connectivity index (χ1) is 1.00. The summed E-state index contributed by atoms with van der Waals surface area (Å²) in [5.74, 6) is 0. The van der Waals surface area contributed by atoms with E-state index in [1.807, 2.05) is 0 Å². The molecule has 0 aliphatic heterocycles. The molecule has 37 valence electrons. The normalized spacial score (nSPS) is 1.20. The summed E-state index contributed by atoms with van der Waals surface area (Å²) in [7, 11) is 0. The Balaban J connectivity index is -0.00000000167. The van der Waals surface area contributed by atoms with Crippen molar-refractivity contribution in [3.63, 3.8) is 0 Å². The second-order valence-corrected chi connectivity index (χ2v) is 0. The van der Waals surface area contributed by atoms with Crippen LogP contribution < -0.4 is 0 Å². The van der Waals surface area contributed by atoms with Crippen molar-refractivity contribution in [3.05, 3.63) is 0 Å². The summed E-state index contributed by atoms with van der Waals surface area (Å²) >= 11 is 2.62. The second kappa shape index (κ2) is 57.7. The van der Waals surface area contributed by atoms with Gasteiger partial charge in [0.1, 0.15) is 0 Å². The van der Waals surface area contributed by atoms with Gasteiger partial charge in [0.05, 0.1) is 0 Å². The zero-order valence-electron chi connectivity index (χ0n) is 1.60. The van der Waals surface area contributed by atoms with Crippen LogP contribution in [-0.2, 0) is 36.4 Å². The van der Waals surface area contributed by atoms with Gasteiger partial charge in [-0.25, -0.2) is 0 Å².